The van der Waals surface area contributed by atoms with Gasteiger partial charge in [0, 0.05) is 19.3 Å². The third-order valence-corrected chi connectivity index (χ3v) is 13.1. The first-order valence-corrected chi connectivity index (χ1v) is 31.7. The molecular formula is C71H116O6. The topological polar surface area (TPSA) is 78.9 Å². The standard InChI is InChI=1S/C71H116O6/c1-4-7-10-13-16-19-22-25-27-29-30-31-32-33-34-35-36-37-38-39-40-42-43-46-49-52-55-58-61-64-70(73)76-67-68(66-75-69(72)63-60-57-54-51-48-45-24-21-18-15-12-9-6-3)77-71(74)65-62-59-56-53-50-47-44-41-28-26-23-20-17-14-11-8-5-2/h7,10,16-17,19-20,25-28,30-31,33-34,36-37,39-40,43,46,52,55,68H,4-6,8-9,11-15,18,21-24,29,32,35,38,41-42,44-45,47-51,53-54,56-67H2,1-3H3/b10-7-,19-16-,20-17-,27-25-,28-26-,31-30-,34-33-,37-36-,40-39-,46-43-,55-52-. The molecule has 0 aliphatic rings. The summed E-state index contributed by atoms with van der Waals surface area (Å²) in [5.74, 6) is -0.969. The average Bonchev–Trinajstić information content (AvgIpc) is 3.43. The van der Waals surface area contributed by atoms with Crippen molar-refractivity contribution in [3.05, 3.63) is 134 Å². The predicted octanol–water partition coefficient (Wildman–Crippen LogP) is 21.8. The number of allylic oxidation sites excluding steroid dienone is 22. The number of hydrogen-bond acceptors (Lipinski definition) is 6. The van der Waals surface area contributed by atoms with E-state index in [0.717, 1.165) is 116 Å². The zero-order valence-electron chi connectivity index (χ0n) is 49.9. The van der Waals surface area contributed by atoms with Gasteiger partial charge >= 0.3 is 17.9 Å². The number of rotatable bonds is 56. The Morgan fingerprint density at radius 1 is 0.273 bits per heavy atom. The Morgan fingerprint density at radius 3 is 0.870 bits per heavy atom. The van der Waals surface area contributed by atoms with Crippen molar-refractivity contribution in [3.63, 3.8) is 0 Å². The van der Waals surface area contributed by atoms with Gasteiger partial charge in [-0.2, -0.15) is 0 Å². The van der Waals surface area contributed by atoms with Crippen LogP contribution in [0.1, 0.15) is 278 Å². The van der Waals surface area contributed by atoms with E-state index in [1.165, 1.54) is 116 Å². The maximum Gasteiger partial charge on any atom is 0.306 e. The summed E-state index contributed by atoms with van der Waals surface area (Å²) in [5.41, 5.74) is 0. The van der Waals surface area contributed by atoms with Gasteiger partial charge in [0.1, 0.15) is 13.2 Å². The molecule has 6 heteroatoms. The van der Waals surface area contributed by atoms with E-state index in [1.807, 2.05) is 0 Å². The highest BCUT2D eigenvalue weighted by Gasteiger charge is 2.19. The van der Waals surface area contributed by atoms with E-state index >= 15 is 0 Å². The first-order chi connectivity index (χ1) is 38.0. The molecule has 0 fully saturated rings. The molecular weight excluding hydrogens is 949 g/mol. The molecule has 0 aromatic heterocycles. The van der Waals surface area contributed by atoms with Gasteiger partial charge in [0.15, 0.2) is 6.10 Å². The number of carbonyl (C=O) groups is 3. The predicted molar refractivity (Wildman–Crippen MR) is 334 cm³/mol. The van der Waals surface area contributed by atoms with Gasteiger partial charge in [-0.3, -0.25) is 14.4 Å². The molecule has 1 atom stereocenters. The van der Waals surface area contributed by atoms with Gasteiger partial charge in [0.05, 0.1) is 0 Å². The second-order valence-corrected chi connectivity index (χ2v) is 20.6. The van der Waals surface area contributed by atoms with Crippen LogP contribution in [-0.2, 0) is 28.6 Å². The quantitative estimate of drug-likeness (QED) is 0.0261. The fourth-order valence-corrected chi connectivity index (χ4v) is 8.42. The lowest BCUT2D eigenvalue weighted by atomic mass is 10.0. The van der Waals surface area contributed by atoms with Crippen LogP contribution in [0.3, 0.4) is 0 Å². The molecule has 0 aromatic rings. The van der Waals surface area contributed by atoms with Gasteiger partial charge < -0.3 is 14.2 Å². The number of ether oxygens (including phenoxy) is 3. The van der Waals surface area contributed by atoms with Crippen molar-refractivity contribution in [2.45, 2.75) is 284 Å². The van der Waals surface area contributed by atoms with Crippen LogP contribution in [-0.4, -0.2) is 37.2 Å². The van der Waals surface area contributed by atoms with Crippen molar-refractivity contribution in [2.24, 2.45) is 0 Å². The molecule has 0 bridgehead atoms. The number of esters is 3. The summed E-state index contributed by atoms with van der Waals surface area (Å²) in [7, 11) is 0. The summed E-state index contributed by atoms with van der Waals surface area (Å²) in [6, 6.07) is 0. The van der Waals surface area contributed by atoms with Crippen LogP contribution in [0, 0.1) is 0 Å². The third kappa shape index (κ3) is 62.3. The molecule has 436 valence electrons. The molecule has 0 aliphatic heterocycles. The average molecular weight is 1070 g/mol. The van der Waals surface area contributed by atoms with Crippen LogP contribution in [0.2, 0.25) is 0 Å². The van der Waals surface area contributed by atoms with Crippen LogP contribution in [0.5, 0.6) is 0 Å². The van der Waals surface area contributed by atoms with E-state index in [9.17, 15) is 14.4 Å². The molecule has 1 unspecified atom stereocenters. The molecule has 77 heavy (non-hydrogen) atoms. The van der Waals surface area contributed by atoms with Gasteiger partial charge in [-0.15, -0.1) is 0 Å². The minimum atomic E-state index is -0.809. The largest absolute Gasteiger partial charge is 0.462 e. The Bertz CT molecular complexity index is 1650. The monoisotopic (exact) mass is 1060 g/mol. The fourth-order valence-electron chi connectivity index (χ4n) is 8.42. The number of hydrogen-bond donors (Lipinski definition) is 0. The number of carbonyl (C=O) groups excluding carboxylic acids is 3. The summed E-state index contributed by atoms with van der Waals surface area (Å²) in [6.07, 6.45) is 90.3. The maximum absolute atomic E-state index is 12.9. The van der Waals surface area contributed by atoms with Crippen LogP contribution >= 0.6 is 0 Å². The summed E-state index contributed by atoms with van der Waals surface area (Å²) in [6.45, 7) is 6.45. The lowest BCUT2D eigenvalue weighted by Gasteiger charge is -2.18. The SMILES string of the molecule is CC/C=C\C/C=C\C/C=C\C/C=C\C/C=C\C/C=C\C/C=C\C/C=C\C/C=C\CCCC(=O)OCC(COC(=O)CCCCCCCCCCCCCCC)OC(=O)CCCCCCCCC/C=C\C/C=C\CCCCC. The molecule has 0 spiro atoms. The van der Waals surface area contributed by atoms with Gasteiger partial charge in [0.25, 0.3) is 0 Å². The summed E-state index contributed by atoms with van der Waals surface area (Å²) >= 11 is 0. The van der Waals surface area contributed by atoms with Gasteiger partial charge in [-0.1, -0.05) is 276 Å². The van der Waals surface area contributed by atoms with E-state index in [-0.39, 0.29) is 37.5 Å². The van der Waals surface area contributed by atoms with E-state index in [2.05, 4.69) is 154 Å². The Kier molecular flexibility index (Phi) is 60.4. The minimum absolute atomic E-state index is 0.100. The highest BCUT2D eigenvalue weighted by atomic mass is 16.6. The number of unbranched alkanes of at least 4 members (excludes halogenated alkanes) is 23. The first kappa shape index (κ1) is 72.5. The van der Waals surface area contributed by atoms with Crippen LogP contribution in [0.15, 0.2) is 134 Å². The third-order valence-electron chi connectivity index (χ3n) is 13.1. The molecule has 0 aliphatic carbocycles. The van der Waals surface area contributed by atoms with Crippen molar-refractivity contribution in [1.82, 2.24) is 0 Å². The first-order valence-electron chi connectivity index (χ1n) is 31.7. The second-order valence-electron chi connectivity index (χ2n) is 20.6. The van der Waals surface area contributed by atoms with Gasteiger partial charge in [-0.25, -0.2) is 0 Å². The molecule has 0 heterocycles. The smallest absolute Gasteiger partial charge is 0.306 e. The fraction of sp³-hybridized carbons (Fsp3) is 0.648. The Morgan fingerprint density at radius 2 is 0.519 bits per heavy atom. The summed E-state index contributed by atoms with van der Waals surface area (Å²) < 4.78 is 16.8. The molecule has 0 rings (SSSR count). The molecule has 0 saturated heterocycles. The van der Waals surface area contributed by atoms with E-state index in [4.69, 9.17) is 14.2 Å². The lowest BCUT2D eigenvalue weighted by Crippen LogP contribution is -2.30. The van der Waals surface area contributed by atoms with Crippen molar-refractivity contribution >= 4 is 17.9 Å². The lowest BCUT2D eigenvalue weighted by molar-refractivity contribution is -0.167. The molecule has 0 saturated carbocycles. The normalized spacial score (nSPS) is 13.0. The summed E-state index contributed by atoms with van der Waals surface area (Å²) in [5, 5.41) is 0. The van der Waals surface area contributed by atoms with Gasteiger partial charge in [-0.05, 0) is 116 Å². The van der Waals surface area contributed by atoms with Crippen molar-refractivity contribution in [1.29, 1.82) is 0 Å². The van der Waals surface area contributed by atoms with E-state index < -0.39 is 6.10 Å². The van der Waals surface area contributed by atoms with Crippen molar-refractivity contribution < 1.29 is 28.6 Å². The molecule has 0 aromatic carbocycles. The maximum atomic E-state index is 12.9. The van der Waals surface area contributed by atoms with Crippen molar-refractivity contribution in [2.75, 3.05) is 13.2 Å². The van der Waals surface area contributed by atoms with Crippen LogP contribution in [0.25, 0.3) is 0 Å². The highest BCUT2D eigenvalue weighted by molar-refractivity contribution is 5.71. The Labute approximate surface area is 475 Å². The molecule has 0 amide bonds. The highest BCUT2D eigenvalue weighted by Crippen LogP contribution is 2.15. The Balaban J connectivity index is 4.44. The molecule has 6 nitrogen and oxygen atoms in total. The van der Waals surface area contributed by atoms with Gasteiger partial charge in [0.2, 0.25) is 0 Å². The molecule has 0 radical (unpaired) electrons. The van der Waals surface area contributed by atoms with E-state index in [0.29, 0.717) is 19.3 Å². The van der Waals surface area contributed by atoms with E-state index in [1.54, 1.807) is 0 Å². The second kappa shape index (κ2) is 64.1. The zero-order valence-corrected chi connectivity index (χ0v) is 49.9. The molecule has 0 N–H and O–H groups in total. The van der Waals surface area contributed by atoms with Crippen LogP contribution in [0.4, 0.5) is 0 Å². The van der Waals surface area contributed by atoms with Crippen molar-refractivity contribution in [3.8, 4) is 0 Å². The Hall–Kier alpha value is -4.45. The summed E-state index contributed by atoms with van der Waals surface area (Å²) in [4.78, 5) is 38.2. The van der Waals surface area contributed by atoms with Crippen LogP contribution < -0.4 is 0 Å². The minimum Gasteiger partial charge on any atom is -0.462 e. The zero-order chi connectivity index (χ0) is 55.7.